The molecule has 4 rings (SSSR count). The first-order valence-electron chi connectivity index (χ1n) is 7.67. The molecule has 4 aromatic rings. The summed E-state index contributed by atoms with van der Waals surface area (Å²) in [6.07, 6.45) is 1.82. The summed E-state index contributed by atoms with van der Waals surface area (Å²) in [4.78, 5) is 20.0. The molecule has 3 heterocycles. The van der Waals surface area contributed by atoms with Crippen molar-refractivity contribution < 1.29 is 0 Å². The summed E-state index contributed by atoms with van der Waals surface area (Å²) in [6, 6.07) is 13.7. The zero-order chi connectivity index (χ0) is 17.2. The van der Waals surface area contributed by atoms with Gasteiger partial charge in [0.2, 0.25) is 0 Å². The number of para-hydroxylation sites is 1. The molecule has 0 fully saturated rings. The Hall–Kier alpha value is -2.15. The van der Waals surface area contributed by atoms with Crippen LogP contribution in [0.5, 0.6) is 0 Å². The molecule has 0 aliphatic heterocycles. The molecule has 0 radical (unpaired) electrons. The molecule has 0 amide bonds. The zero-order valence-corrected chi connectivity index (χ0v) is 15.7. The van der Waals surface area contributed by atoms with Gasteiger partial charge in [-0.2, -0.15) is 0 Å². The van der Waals surface area contributed by atoms with Crippen LogP contribution in [0.2, 0.25) is 0 Å². The summed E-state index contributed by atoms with van der Waals surface area (Å²) in [5, 5.41) is 5.45. The van der Waals surface area contributed by atoms with Crippen LogP contribution in [0.4, 0.5) is 0 Å². The molecule has 0 saturated carbocycles. The van der Waals surface area contributed by atoms with E-state index in [9.17, 15) is 4.79 Å². The van der Waals surface area contributed by atoms with Gasteiger partial charge in [-0.25, -0.2) is 4.98 Å². The quantitative estimate of drug-likeness (QED) is 0.261. The second-order valence-corrected chi connectivity index (χ2v) is 8.07. The minimum absolute atomic E-state index is 0.0209. The number of hydrogen-bond donors (Lipinski definition) is 0. The highest BCUT2D eigenvalue weighted by Crippen LogP contribution is 2.35. The van der Waals surface area contributed by atoms with E-state index in [1.807, 2.05) is 59.3 Å². The predicted molar refractivity (Wildman–Crippen MR) is 109 cm³/mol. The first kappa shape index (κ1) is 16.3. The van der Waals surface area contributed by atoms with E-state index in [0.717, 1.165) is 21.0 Å². The van der Waals surface area contributed by atoms with Gasteiger partial charge in [-0.05, 0) is 23.6 Å². The van der Waals surface area contributed by atoms with Crippen LogP contribution in [0.1, 0.15) is 0 Å². The predicted octanol–water partition coefficient (Wildman–Crippen LogP) is 5.45. The van der Waals surface area contributed by atoms with E-state index in [1.54, 1.807) is 15.9 Å². The van der Waals surface area contributed by atoms with Gasteiger partial charge in [0, 0.05) is 21.6 Å². The largest absolute Gasteiger partial charge is 0.268 e. The molecule has 0 atom stereocenters. The standard InChI is InChI=1S/C19H14N2OS3/c1-2-10-24-19-20-17-16(14(12-25-17)15-9-6-11-23-15)18(22)21(19)13-7-4-3-5-8-13/h2-9,11-12H,1,10H2. The van der Waals surface area contributed by atoms with Crippen LogP contribution in [0.3, 0.4) is 0 Å². The first-order chi connectivity index (χ1) is 12.3. The van der Waals surface area contributed by atoms with Gasteiger partial charge in [0.25, 0.3) is 5.56 Å². The van der Waals surface area contributed by atoms with Crippen LogP contribution in [0.15, 0.2) is 75.8 Å². The van der Waals surface area contributed by atoms with Crippen molar-refractivity contribution in [2.45, 2.75) is 5.16 Å². The van der Waals surface area contributed by atoms with Crippen molar-refractivity contribution in [2.24, 2.45) is 0 Å². The molecular formula is C19H14N2OS3. The van der Waals surface area contributed by atoms with Gasteiger partial charge in [0.05, 0.1) is 11.1 Å². The maximum atomic E-state index is 13.4. The lowest BCUT2D eigenvalue weighted by molar-refractivity contribution is 0.824. The van der Waals surface area contributed by atoms with Crippen molar-refractivity contribution in [3.63, 3.8) is 0 Å². The number of aromatic nitrogens is 2. The highest BCUT2D eigenvalue weighted by atomic mass is 32.2. The molecule has 0 saturated heterocycles. The van der Waals surface area contributed by atoms with Crippen molar-refractivity contribution >= 4 is 44.7 Å². The Labute approximate surface area is 157 Å². The van der Waals surface area contributed by atoms with Gasteiger partial charge in [0.1, 0.15) is 4.83 Å². The fraction of sp³-hybridized carbons (Fsp3) is 0.0526. The number of thioether (sulfide) groups is 1. The molecule has 25 heavy (non-hydrogen) atoms. The van der Waals surface area contributed by atoms with E-state index in [0.29, 0.717) is 16.3 Å². The van der Waals surface area contributed by atoms with E-state index in [2.05, 4.69) is 6.58 Å². The Morgan fingerprint density at radius 2 is 2.00 bits per heavy atom. The third kappa shape index (κ3) is 2.97. The van der Waals surface area contributed by atoms with Crippen LogP contribution in [-0.2, 0) is 0 Å². The summed E-state index contributed by atoms with van der Waals surface area (Å²) < 4.78 is 1.71. The van der Waals surface area contributed by atoms with E-state index in [4.69, 9.17) is 4.98 Å². The SMILES string of the molecule is C=CCSc1nc2scc(-c3cccs3)c2c(=O)n1-c1ccccc1. The smallest absolute Gasteiger partial charge is 0.268 e. The molecule has 0 aliphatic rings. The normalized spacial score (nSPS) is 11.0. The fourth-order valence-corrected chi connectivity index (χ4v) is 5.17. The maximum Gasteiger partial charge on any atom is 0.268 e. The molecule has 0 bridgehead atoms. The molecule has 124 valence electrons. The first-order valence-corrected chi connectivity index (χ1v) is 10.4. The van der Waals surface area contributed by atoms with Gasteiger partial charge in [-0.3, -0.25) is 9.36 Å². The number of rotatable bonds is 5. The van der Waals surface area contributed by atoms with Crippen LogP contribution in [0, 0.1) is 0 Å². The summed E-state index contributed by atoms with van der Waals surface area (Å²) in [6.45, 7) is 3.77. The molecule has 3 nitrogen and oxygen atoms in total. The molecule has 3 aromatic heterocycles. The highest BCUT2D eigenvalue weighted by molar-refractivity contribution is 7.99. The lowest BCUT2D eigenvalue weighted by atomic mass is 10.2. The van der Waals surface area contributed by atoms with Crippen LogP contribution >= 0.6 is 34.4 Å². The Morgan fingerprint density at radius 1 is 1.16 bits per heavy atom. The lowest BCUT2D eigenvalue weighted by Gasteiger charge is -2.11. The summed E-state index contributed by atoms with van der Waals surface area (Å²) >= 11 is 4.68. The van der Waals surface area contributed by atoms with Crippen molar-refractivity contribution in [2.75, 3.05) is 5.75 Å². The number of fused-ring (bicyclic) bond motifs is 1. The molecule has 0 unspecified atom stereocenters. The monoisotopic (exact) mass is 382 g/mol. The highest BCUT2D eigenvalue weighted by Gasteiger charge is 2.18. The van der Waals surface area contributed by atoms with Crippen molar-refractivity contribution in [3.8, 4) is 16.1 Å². The second kappa shape index (κ2) is 7.00. The van der Waals surface area contributed by atoms with Gasteiger partial charge in [0.15, 0.2) is 5.16 Å². The maximum absolute atomic E-state index is 13.4. The molecule has 0 aliphatic carbocycles. The molecule has 1 aromatic carbocycles. The van der Waals surface area contributed by atoms with Gasteiger partial charge >= 0.3 is 0 Å². The van der Waals surface area contributed by atoms with Crippen LogP contribution in [0.25, 0.3) is 26.3 Å². The minimum Gasteiger partial charge on any atom is -0.268 e. The van der Waals surface area contributed by atoms with Crippen LogP contribution in [-0.4, -0.2) is 15.3 Å². The van der Waals surface area contributed by atoms with E-state index >= 15 is 0 Å². The molecule has 0 spiro atoms. The molecule has 6 heteroatoms. The number of benzene rings is 1. The van der Waals surface area contributed by atoms with Gasteiger partial charge in [-0.15, -0.1) is 29.3 Å². The number of nitrogens with zero attached hydrogens (tertiary/aromatic N) is 2. The van der Waals surface area contributed by atoms with E-state index < -0.39 is 0 Å². The van der Waals surface area contributed by atoms with Gasteiger partial charge in [-0.1, -0.05) is 42.1 Å². The Morgan fingerprint density at radius 3 is 2.72 bits per heavy atom. The summed E-state index contributed by atoms with van der Waals surface area (Å²) in [5.74, 6) is 0.702. The second-order valence-electron chi connectivity index (χ2n) is 5.28. The Balaban J connectivity index is 2.02. The Bertz CT molecular complexity index is 1080. The molecular weight excluding hydrogens is 368 g/mol. The number of thiophene rings is 2. The average Bonchev–Trinajstić information content (AvgIpc) is 3.30. The van der Waals surface area contributed by atoms with E-state index in [-0.39, 0.29) is 5.56 Å². The summed E-state index contributed by atoms with van der Waals surface area (Å²) in [7, 11) is 0. The fourth-order valence-electron chi connectivity index (χ4n) is 2.62. The van der Waals surface area contributed by atoms with Crippen molar-refractivity contribution in [3.05, 3.63) is 76.2 Å². The van der Waals surface area contributed by atoms with Gasteiger partial charge < -0.3 is 0 Å². The minimum atomic E-state index is -0.0209. The number of hydrogen-bond acceptors (Lipinski definition) is 5. The Kier molecular flexibility index (Phi) is 4.57. The third-order valence-electron chi connectivity index (χ3n) is 3.71. The molecule has 0 N–H and O–H groups in total. The zero-order valence-electron chi connectivity index (χ0n) is 13.2. The third-order valence-corrected chi connectivity index (χ3v) is 6.42. The van der Waals surface area contributed by atoms with Crippen molar-refractivity contribution in [1.29, 1.82) is 0 Å². The lowest BCUT2D eigenvalue weighted by Crippen LogP contribution is -2.21. The van der Waals surface area contributed by atoms with Crippen molar-refractivity contribution in [1.82, 2.24) is 9.55 Å². The average molecular weight is 383 g/mol. The van der Waals surface area contributed by atoms with Crippen LogP contribution < -0.4 is 5.56 Å². The van der Waals surface area contributed by atoms with E-state index in [1.165, 1.54) is 23.1 Å². The summed E-state index contributed by atoms with van der Waals surface area (Å²) in [5.41, 5.74) is 1.78. The topological polar surface area (TPSA) is 34.9 Å².